The van der Waals surface area contributed by atoms with Crippen LogP contribution in [0.3, 0.4) is 0 Å². The van der Waals surface area contributed by atoms with Gasteiger partial charge in [-0.3, -0.25) is 9.59 Å². The third-order valence-electron chi connectivity index (χ3n) is 3.24. The van der Waals surface area contributed by atoms with E-state index in [1.54, 1.807) is 41.5 Å². The van der Waals surface area contributed by atoms with Gasteiger partial charge in [-0.2, -0.15) is 0 Å². The van der Waals surface area contributed by atoms with Crippen molar-refractivity contribution >= 4 is 11.9 Å². The summed E-state index contributed by atoms with van der Waals surface area (Å²) in [6.45, 7) is 10.7. The van der Waals surface area contributed by atoms with Crippen LogP contribution in [0, 0.1) is 11.8 Å². The summed E-state index contributed by atoms with van der Waals surface area (Å²) in [5, 5.41) is 9.80. The number of carbonyl (C=O) groups is 2. The summed E-state index contributed by atoms with van der Waals surface area (Å²) in [6, 6.07) is 0. The Kier molecular flexibility index (Phi) is 5.42. The third-order valence-corrected chi connectivity index (χ3v) is 3.24. The van der Waals surface area contributed by atoms with E-state index in [-0.39, 0.29) is 12.4 Å². The van der Waals surface area contributed by atoms with Crippen LogP contribution in [0.1, 0.15) is 60.8 Å². The summed E-state index contributed by atoms with van der Waals surface area (Å²) < 4.78 is 10.8. The van der Waals surface area contributed by atoms with E-state index in [4.69, 9.17) is 9.47 Å². The van der Waals surface area contributed by atoms with Crippen LogP contribution in [-0.4, -0.2) is 34.4 Å². The van der Waals surface area contributed by atoms with E-state index in [1.165, 1.54) is 0 Å². The first-order valence-electron chi connectivity index (χ1n) is 7.53. The zero-order valence-corrected chi connectivity index (χ0v) is 13.9. The van der Waals surface area contributed by atoms with Crippen molar-refractivity contribution in [1.29, 1.82) is 0 Å². The molecule has 1 saturated carbocycles. The molecule has 1 fully saturated rings. The molecule has 0 amide bonds. The monoisotopic (exact) mass is 300 g/mol. The predicted octanol–water partition coefficient (Wildman–Crippen LogP) is 2.45. The molecule has 0 bridgehead atoms. The van der Waals surface area contributed by atoms with Crippen LogP contribution in [-0.2, 0) is 19.1 Å². The van der Waals surface area contributed by atoms with Gasteiger partial charge < -0.3 is 14.6 Å². The molecule has 0 heterocycles. The molecule has 5 nitrogen and oxygen atoms in total. The number of rotatable bonds is 2. The van der Waals surface area contributed by atoms with Crippen LogP contribution >= 0.6 is 0 Å². The maximum Gasteiger partial charge on any atom is 0.310 e. The van der Waals surface area contributed by atoms with E-state index < -0.39 is 35.1 Å². The summed E-state index contributed by atoms with van der Waals surface area (Å²) in [4.78, 5) is 24.6. The zero-order chi connectivity index (χ0) is 16.4. The van der Waals surface area contributed by atoms with Crippen LogP contribution < -0.4 is 0 Å². The van der Waals surface area contributed by atoms with Gasteiger partial charge in [-0.15, -0.1) is 0 Å². The molecule has 1 unspecified atom stereocenters. The van der Waals surface area contributed by atoms with Crippen molar-refractivity contribution in [2.24, 2.45) is 11.8 Å². The van der Waals surface area contributed by atoms with Crippen molar-refractivity contribution < 1.29 is 24.2 Å². The Morgan fingerprint density at radius 2 is 1.29 bits per heavy atom. The first-order chi connectivity index (χ1) is 9.39. The minimum Gasteiger partial charge on any atom is -0.460 e. The lowest BCUT2D eigenvalue weighted by Gasteiger charge is -2.34. The highest BCUT2D eigenvalue weighted by Crippen LogP contribution is 2.34. The van der Waals surface area contributed by atoms with E-state index in [9.17, 15) is 14.7 Å². The van der Waals surface area contributed by atoms with Crippen molar-refractivity contribution in [3.8, 4) is 0 Å². The van der Waals surface area contributed by atoms with Gasteiger partial charge in [0, 0.05) is 0 Å². The third kappa shape index (κ3) is 6.04. The molecule has 1 rings (SSSR count). The number of aliphatic hydroxyl groups is 1. The molecule has 0 aliphatic heterocycles. The van der Waals surface area contributed by atoms with Crippen LogP contribution in [0.15, 0.2) is 0 Å². The van der Waals surface area contributed by atoms with Gasteiger partial charge in [0.15, 0.2) is 0 Å². The Hall–Kier alpha value is -1.10. The molecule has 5 heteroatoms. The molecule has 3 atom stereocenters. The highest BCUT2D eigenvalue weighted by atomic mass is 16.6. The lowest BCUT2D eigenvalue weighted by Crippen LogP contribution is -2.42. The normalized spacial score (nSPS) is 27.1. The Labute approximate surface area is 127 Å². The van der Waals surface area contributed by atoms with Gasteiger partial charge in [0.1, 0.15) is 11.2 Å². The van der Waals surface area contributed by atoms with Crippen LogP contribution in [0.5, 0.6) is 0 Å². The highest BCUT2D eigenvalue weighted by Gasteiger charge is 2.42. The van der Waals surface area contributed by atoms with E-state index in [2.05, 4.69) is 0 Å². The van der Waals surface area contributed by atoms with Crippen molar-refractivity contribution in [2.45, 2.75) is 78.1 Å². The van der Waals surface area contributed by atoms with Gasteiger partial charge in [-0.1, -0.05) is 0 Å². The second-order valence-corrected chi connectivity index (χ2v) is 7.75. The van der Waals surface area contributed by atoms with Gasteiger partial charge in [0.25, 0.3) is 0 Å². The van der Waals surface area contributed by atoms with Crippen LogP contribution in [0.2, 0.25) is 0 Å². The summed E-state index contributed by atoms with van der Waals surface area (Å²) in [5.74, 6) is -1.99. The first kappa shape index (κ1) is 18.0. The smallest absolute Gasteiger partial charge is 0.310 e. The molecule has 0 aromatic heterocycles. The summed E-state index contributed by atoms with van der Waals surface area (Å²) in [6.07, 6.45) is 0.628. The van der Waals surface area contributed by atoms with E-state index in [0.29, 0.717) is 12.8 Å². The molecule has 0 spiro atoms. The molecule has 1 aliphatic rings. The maximum absolute atomic E-state index is 12.3. The Bertz CT molecular complexity index is 388. The van der Waals surface area contributed by atoms with E-state index >= 15 is 0 Å². The predicted molar refractivity (Wildman–Crippen MR) is 78.5 cm³/mol. The molecule has 0 aromatic carbocycles. The van der Waals surface area contributed by atoms with Gasteiger partial charge >= 0.3 is 11.9 Å². The van der Waals surface area contributed by atoms with Gasteiger partial charge in [-0.05, 0) is 60.8 Å². The van der Waals surface area contributed by atoms with Crippen LogP contribution in [0.4, 0.5) is 0 Å². The quantitative estimate of drug-likeness (QED) is 0.793. The van der Waals surface area contributed by atoms with Gasteiger partial charge in [0.05, 0.1) is 17.9 Å². The zero-order valence-electron chi connectivity index (χ0n) is 13.9. The number of carbonyl (C=O) groups excluding carboxylic acids is 2. The average molecular weight is 300 g/mol. The largest absolute Gasteiger partial charge is 0.460 e. The first-order valence-corrected chi connectivity index (χ1v) is 7.53. The molecule has 0 aromatic rings. The Morgan fingerprint density at radius 3 is 1.71 bits per heavy atom. The average Bonchev–Trinajstić information content (AvgIpc) is 2.23. The Balaban J connectivity index is 2.84. The Morgan fingerprint density at radius 1 is 0.857 bits per heavy atom. The summed E-state index contributed by atoms with van der Waals surface area (Å²) >= 11 is 0. The van der Waals surface area contributed by atoms with Gasteiger partial charge in [-0.25, -0.2) is 0 Å². The van der Waals surface area contributed by atoms with Crippen molar-refractivity contribution in [3.05, 3.63) is 0 Å². The minimum absolute atomic E-state index is 0.249. The van der Waals surface area contributed by atoms with Crippen molar-refractivity contribution in [1.82, 2.24) is 0 Å². The topological polar surface area (TPSA) is 72.8 Å². The van der Waals surface area contributed by atoms with Crippen LogP contribution in [0.25, 0.3) is 0 Å². The standard InChI is InChI=1S/C16H28O5/c1-15(2,3)20-13(18)11-8-7-10(17)9-12(11)14(19)21-16(4,5)6/h10-12,17H,7-9H2,1-6H3/t10-,11+,12?/m0/s1. The van der Waals surface area contributed by atoms with Crippen molar-refractivity contribution in [3.63, 3.8) is 0 Å². The molecule has 0 saturated heterocycles. The van der Waals surface area contributed by atoms with E-state index in [1.807, 2.05) is 0 Å². The molecule has 21 heavy (non-hydrogen) atoms. The molecule has 1 aliphatic carbocycles. The molecule has 0 radical (unpaired) electrons. The van der Waals surface area contributed by atoms with E-state index in [0.717, 1.165) is 0 Å². The fourth-order valence-corrected chi connectivity index (χ4v) is 2.45. The number of hydrogen-bond acceptors (Lipinski definition) is 5. The molecular weight excluding hydrogens is 272 g/mol. The highest BCUT2D eigenvalue weighted by molar-refractivity contribution is 5.82. The summed E-state index contributed by atoms with van der Waals surface area (Å²) in [5.41, 5.74) is -1.20. The van der Waals surface area contributed by atoms with Gasteiger partial charge in [0.2, 0.25) is 0 Å². The molecule has 122 valence electrons. The summed E-state index contributed by atoms with van der Waals surface area (Å²) in [7, 11) is 0. The van der Waals surface area contributed by atoms with Crippen molar-refractivity contribution in [2.75, 3.05) is 0 Å². The SMILES string of the molecule is CC(C)(C)OC(=O)C1C[C@@H](O)CC[C@H]1C(=O)OC(C)(C)C. The fourth-order valence-electron chi connectivity index (χ4n) is 2.45. The lowest BCUT2D eigenvalue weighted by molar-refractivity contribution is -0.177. The number of esters is 2. The number of hydrogen-bond donors (Lipinski definition) is 1. The lowest BCUT2D eigenvalue weighted by atomic mass is 9.77. The molecule has 1 N–H and O–H groups in total. The molecular formula is C16H28O5. The second kappa shape index (κ2) is 6.34. The maximum atomic E-state index is 12.3. The number of aliphatic hydroxyl groups excluding tert-OH is 1. The minimum atomic E-state index is -0.636. The second-order valence-electron chi connectivity index (χ2n) is 7.75. The fraction of sp³-hybridized carbons (Fsp3) is 0.875. The number of ether oxygens (including phenoxy) is 2.